The number of nitro benzene ring substituents is 1. The van der Waals surface area contributed by atoms with Gasteiger partial charge < -0.3 is 0 Å². The van der Waals surface area contributed by atoms with Crippen LogP contribution >= 0.6 is 0 Å². The average Bonchev–Trinajstić information content (AvgIpc) is 2.57. The SMILES string of the molecule is O=[N+]([O-])c1ccc(CN2CCN(Cc3cncc(F)c3)CC2)cc1. The first-order chi connectivity index (χ1) is 11.6. The molecule has 0 aliphatic carbocycles. The third-order valence-corrected chi connectivity index (χ3v) is 4.19. The number of non-ortho nitro benzene ring substituents is 1. The predicted molar refractivity (Wildman–Crippen MR) is 87.8 cm³/mol. The minimum atomic E-state index is -0.385. The molecular formula is C17H19FN4O2. The lowest BCUT2D eigenvalue weighted by Gasteiger charge is -2.34. The van der Waals surface area contributed by atoms with Crippen molar-refractivity contribution in [2.75, 3.05) is 26.2 Å². The van der Waals surface area contributed by atoms with Crippen molar-refractivity contribution in [3.05, 3.63) is 69.8 Å². The summed E-state index contributed by atoms with van der Waals surface area (Å²) in [7, 11) is 0. The fourth-order valence-corrected chi connectivity index (χ4v) is 2.89. The third kappa shape index (κ3) is 4.33. The normalized spacial score (nSPS) is 16.2. The highest BCUT2D eigenvalue weighted by Gasteiger charge is 2.17. The van der Waals surface area contributed by atoms with Crippen LogP contribution in [0.4, 0.5) is 10.1 Å². The van der Waals surface area contributed by atoms with E-state index in [0.29, 0.717) is 6.54 Å². The van der Waals surface area contributed by atoms with E-state index in [9.17, 15) is 14.5 Å². The van der Waals surface area contributed by atoms with E-state index in [1.165, 1.54) is 12.3 Å². The van der Waals surface area contributed by atoms with Gasteiger partial charge in [-0.15, -0.1) is 0 Å². The van der Waals surface area contributed by atoms with Crippen molar-refractivity contribution in [2.45, 2.75) is 13.1 Å². The molecular weight excluding hydrogens is 311 g/mol. The van der Waals surface area contributed by atoms with Crippen LogP contribution in [0.3, 0.4) is 0 Å². The summed E-state index contributed by atoms with van der Waals surface area (Å²) >= 11 is 0. The molecule has 0 atom stereocenters. The summed E-state index contributed by atoms with van der Waals surface area (Å²) in [4.78, 5) is 18.8. The lowest BCUT2D eigenvalue weighted by Crippen LogP contribution is -2.45. The number of hydrogen-bond donors (Lipinski definition) is 0. The second kappa shape index (κ2) is 7.46. The zero-order chi connectivity index (χ0) is 16.9. The van der Waals surface area contributed by atoms with Crippen LogP contribution in [0.5, 0.6) is 0 Å². The summed E-state index contributed by atoms with van der Waals surface area (Å²) < 4.78 is 13.2. The van der Waals surface area contributed by atoms with Gasteiger partial charge in [0.2, 0.25) is 0 Å². The first-order valence-electron chi connectivity index (χ1n) is 7.87. The van der Waals surface area contributed by atoms with E-state index in [1.54, 1.807) is 18.3 Å². The molecule has 0 N–H and O–H groups in total. The molecule has 0 unspecified atom stereocenters. The Morgan fingerprint density at radius 1 is 1.00 bits per heavy atom. The Morgan fingerprint density at radius 3 is 2.12 bits per heavy atom. The summed E-state index contributed by atoms with van der Waals surface area (Å²) in [5.74, 6) is -0.302. The summed E-state index contributed by atoms with van der Waals surface area (Å²) in [6, 6.07) is 8.23. The van der Waals surface area contributed by atoms with Gasteiger partial charge in [0, 0.05) is 57.6 Å². The fraction of sp³-hybridized carbons (Fsp3) is 0.353. The minimum Gasteiger partial charge on any atom is -0.297 e. The monoisotopic (exact) mass is 330 g/mol. The molecule has 1 aromatic heterocycles. The molecule has 0 radical (unpaired) electrons. The third-order valence-electron chi connectivity index (χ3n) is 4.19. The second-order valence-corrected chi connectivity index (χ2v) is 5.99. The molecule has 2 aromatic rings. The number of hydrogen-bond acceptors (Lipinski definition) is 5. The van der Waals surface area contributed by atoms with Crippen molar-refractivity contribution in [1.29, 1.82) is 0 Å². The van der Waals surface area contributed by atoms with Crippen LogP contribution in [0.1, 0.15) is 11.1 Å². The van der Waals surface area contributed by atoms with Crippen LogP contribution in [-0.4, -0.2) is 45.9 Å². The summed E-state index contributed by atoms with van der Waals surface area (Å²) in [6.07, 6.45) is 2.91. The zero-order valence-electron chi connectivity index (χ0n) is 13.3. The maximum atomic E-state index is 13.2. The number of benzene rings is 1. The highest BCUT2D eigenvalue weighted by Crippen LogP contribution is 2.15. The van der Waals surface area contributed by atoms with Crippen LogP contribution in [0.15, 0.2) is 42.7 Å². The van der Waals surface area contributed by atoms with Gasteiger partial charge in [-0.3, -0.25) is 24.9 Å². The molecule has 126 valence electrons. The van der Waals surface area contributed by atoms with Crippen molar-refractivity contribution in [2.24, 2.45) is 0 Å². The number of rotatable bonds is 5. The molecule has 1 aliphatic rings. The number of piperazine rings is 1. The average molecular weight is 330 g/mol. The van der Waals surface area contributed by atoms with Crippen LogP contribution in [0.2, 0.25) is 0 Å². The Kier molecular flexibility index (Phi) is 5.12. The summed E-state index contributed by atoms with van der Waals surface area (Å²) in [5.41, 5.74) is 2.08. The molecule has 1 fully saturated rings. The predicted octanol–water partition coefficient (Wildman–Crippen LogP) is 2.45. The lowest BCUT2D eigenvalue weighted by molar-refractivity contribution is -0.384. The van der Waals surface area contributed by atoms with E-state index < -0.39 is 0 Å². The number of nitro groups is 1. The van der Waals surface area contributed by atoms with E-state index in [2.05, 4.69) is 14.8 Å². The Balaban J connectivity index is 1.49. The Hall–Kier alpha value is -2.38. The largest absolute Gasteiger partial charge is 0.297 e. The van der Waals surface area contributed by atoms with Gasteiger partial charge in [-0.2, -0.15) is 0 Å². The van der Waals surface area contributed by atoms with Crippen molar-refractivity contribution in [3.63, 3.8) is 0 Å². The van der Waals surface area contributed by atoms with Gasteiger partial charge in [0.15, 0.2) is 0 Å². The molecule has 0 spiro atoms. The molecule has 2 heterocycles. The van der Waals surface area contributed by atoms with E-state index in [1.807, 2.05) is 12.1 Å². The van der Waals surface area contributed by atoms with Gasteiger partial charge in [-0.1, -0.05) is 12.1 Å². The van der Waals surface area contributed by atoms with Crippen molar-refractivity contribution in [1.82, 2.24) is 14.8 Å². The van der Waals surface area contributed by atoms with E-state index in [-0.39, 0.29) is 16.4 Å². The molecule has 0 amide bonds. The standard InChI is InChI=1S/C17H19FN4O2/c18-16-9-15(10-19-11-16)13-21-7-5-20(6-8-21)12-14-1-3-17(4-2-14)22(23)24/h1-4,9-11H,5-8,12-13H2. The molecule has 6 nitrogen and oxygen atoms in total. The molecule has 1 saturated heterocycles. The quantitative estimate of drug-likeness (QED) is 0.622. The molecule has 0 bridgehead atoms. The maximum Gasteiger partial charge on any atom is 0.269 e. The molecule has 3 rings (SSSR count). The van der Waals surface area contributed by atoms with Gasteiger partial charge in [-0.25, -0.2) is 4.39 Å². The van der Waals surface area contributed by atoms with E-state index in [0.717, 1.165) is 43.9 Å². The molecule has 24 heavy (non-hydrogen) atoms. The highest BCUT2D eigenvalue weighted by molar-refractivity contribution is 5.32. The van der Waals surface area contributed by atoms with Gasteiger partial charge >= 0.3 is 0 Å². The maximum absolute atomic E-state index is 13.2. The Morgan fingerprint density at radius 2 is 1.58 bits per heavy atom. The number of aromatic nitrogens is 1. The first kappa shape index (κ1) is 16.5. The molecule has 1 aliphatic heterocycles. The van der Waals surface area contributed by atoms with E-state index >= 15 is 0 Å². The summed E-state index contributed by atoms with van der Waals surface area (Å²) in [5, 5.41) is 10.7. The summed E-state index contributed by atoms with van der Waals surface area (Å²) in [6.45, 7) is 5.13. The smallest absolute Gasteiger partial charge is 0.269 e. The number of nitrogens with zero attached hydrogens (tertiary/aromatic N) is 4. The highest BCUT2D eigenvalue weighted by atomic mass is 19.1. The first-order valence-corrected chi connectivity index (χ1v) is 7.87. The topological polar surface area (TPSA) is 62.5 Å². The van der Waals surface area contributed by atoms with Crippen molar-refractivity contribution < 1.29 is 9.31 Å². The number of pyridine rings is 1. The van der Waals surface area contributed by atoms with Crippen molar-refractivity contribution >= 4 is 5.69 Å². The van der Waals surface area contributed by atoms with Gasteiger partial charge in [-0.05, 0) is 17.2 Å². The Bertz CT molecular complexity index is 700. The molecule has 1 aromatic carbocycles. The van der Waals surface area contributed by atoms with Gasteiger partial charge in [0.1, 0.15) is 5.82 Å². The van der Waals surface area contributed by atoms with Crippen molar-refractivity contribution in [3.8, 4) is 0 Å². The minimum absolute atomic E-state index is 0.118. The Labute approximate surface area is 139 Å². The van der Waals surface area contributed by atoms with Crippen LogP contribution < -0.4 is 0 Å². The molecule has 0 saturated carbocycles. The second-order valence-electron chi connectivity index (χ2n) is 5.99. The van der Waals surface area contributed by atoms with Crippen LogP contribution in [0, 0.1) is 15.9 Å². The fourth-order valence-electron chi connectivity index (χ4n) is 2.89. The zero-order valence-corrected chi connectivity index (χ0v) is 13.3. The van der Waals surface area contributed by atoms with E-state index in [4.69, 9.17) is 0 Å². The van der Waals surface area contributed by atoms with Gasteiger partial charge in [0.25, 0.3) is 5.69 Å². The van der Waals surface area contributed by atoms with Crippen LogP contribution in [-0.2, 0) is 13.1 Å². The van der Waals surface area contributed by atoms with Crippen LogP contribution in [0.25, 0.3) is 0 Å². The number of halogens is 1. The van der Waals surface area contributed by atoms with Gasteiger partial charge in [0.05, 0.1) is 11.1 Å². The lowest BCUT2D eigenvalue weighted by atomic mass is 10.1. The molecule has 7 heteroatoms.